The zero-order valence-corrected chi connectivity index (χ0v) is 10.5. The number of rotatable bonds is 4. The molecule has 0 aromatic carbocycles. The van der Waals surface area contributed by atoms with Crippen molar-refractivity contribution < 1.29 is 0 Å². The van der Waals surface area contributed by atoms with E-state index in [1.165, 1.54) is 12.8 Å². The van der Waals surface area contributed by atoms with Crippen LogP contribution in [-0.2, 0) is 6.42 Å². The summed E-state index contributed by atoms with van der Waals surface area (Å²) in [5.41, 5.74) is 1.13. The Labute approximate surface area is 102 Å². The largest absolute Gasteiger partial charge is 0.352 e. The monoisotopic (exact) mass is 239 g/mol. The molecule has 1 aromatic rings. The SMILES string of the molecule is CCCc1cc(N2CCCC2CCl)ncn1. The second kappa shape index (κ2) is 5.48. The summed E-state index contributed by atoms with van der Waals surface area (Å²) in [6.45, 7) is 3.24. The van der Waals surface area contributed by atoms with Crippen LogP contribution in [0.1, 0.15) is 31.9 Å². The lowest BCUT2D eigenvalue weighted by Gasteiger charge is -2.24. The quantitative estimate of drug-likeness (QED) is 0.757. The van der Waals surface area contributed by atoms with Crippen molar-refractivity contribution in [2.45, 2.75) is 38.6 Å². The van der Waals surface area contributed by atoms with Gasteiger partial charge in [-0.15, -0.1) is 11.6 Å². The number of aryl methyl sites for hydroxylation is 1. The van der Waals surface area contributed by atoms with E-state index in [1.54, 1.807) is 6.33 Å². The van der Waals surface area contributed by atoms with Gasteiger partial charge in [-0.2, -0.15) is 0 Å². The van der Waals surface area contributed by atoms with Gasteiger partial charge < -0.3 is 4.90 Å². The summed E-state index contributed by atoms with van der Waals surface area (Å²) >= 11 is 5.97. The predicted octanol–water partition coefficient (Wildman–Crippen LogP) is 2.64. The maximum atomic E-state index is 5.97. The Bertz CT molecular complexity index is 343. The molecule has 2 rings (SSSR count). The first kappa shape index (κ1) is 11.6. The molecule has 0 bridgehead atoms. The van der Waals surface area contributed by atoms with E-state index in [0.29, 0.717) is 11.9 Å². The van der Waals surface area contributed by atoms with Gasteiger partial charge in [-0.05, 0) is 19.3 Å². The number of hydrogen-bond donors (Lipinski definition) is 0. The minimum Gasteiger partial charge on any atom is -0.352 e. The lowest BCUT2D eigenvalue weighted by atomic mass is 10.2. The predicted molar refractivity (Wildman–Crippen MR) is 67.1 cm³/mol. The third kappa shape index (κ3) is 2.46. The summed E-state index contributed by atoms with van der Waals surface area (Å²) in [7, 11) is 0. The van der Waals surface area contributed by atoms with E-state index in [1.807, 2.05) is 0 Å². The molecule has 0 spiro atoms. The molecular formula is C12H18ClN3. The molecule has 16 heavy (non-hydrogen) atoms. The van der Waals surface area contributed by atoms with Gasteiger partial charge in [0.25, 0.3) is 0 Å². The molecule has 0 saturated carbocycles. The van der Waals surface area contributed by atoms with Crippen molar-refractivity contribution in [1.82, 2.24) is 9.97 Å². The molecular weight excluding hydrogens is 222 g/mol. The molecule has 2 heterocycles. The first-order chi connectivity index (χ1) is 7.85. The fourth-order valence-electron chi connectivity index (χ4n) is 2.23. The maximum absolute atomic E-state index is 5.97. The summed E-state index contributed by atoms with van der Waals surface area (Å²) in [5.74, 6) is 1.73. The van der Waals surface area contributed by atoms with Crippen molar-refractivity contribution in [1.29, 1.82) is 0 Å². The van der Waals surface area contributed by atoms with Crippen LogP contribution in [-0.4, -0.2) is 28.4 Å². The molecule has 1 fully saturated rings. The minimum atomic E-state index is 0.450. The molecule has 1 aliphatic heterocycles. The zero-order chi connectivity index (χ0) is 11.4. The fourth-order valence-corrected chi connectivity index (χ4v) is 2.55. The van der Waals surface area contributed by atoms with Crippen molar-refractivity contribution in [3.8, 4) is 0 Å². The van der Waals surface area contributed by atoms with E-state index in [-0.39, 0.29) is 0 Å². The Balaban J connectivity index is 2.16. The summed E-state index contributed by atoms with van der Waals surface area (Å²) in [6.07, 6.45) is 6.20. The van der Waals surface area contributed by atoms with Crippen molar-refractivity contribution in [3.63, 3.8) is 0 Å². The molecule has 4 heteroatoms. The van der Waals surface area contributed by atoms with Crippen molar-refractivity contribution in [2.24, 2.45) is 0 Å². The Kier molecular flexibility index (Phi) is 3.99. The van der Waals surface area contributed by atoms with Crippen LogP contribution in [0.25, 0.3) is 0 Å². The van der Waals surface area contributed by atoms with Crippen LogP contribution in [0.4, 0.5) is 5.82 Å². The van der Waals surface area contributed by atoms with Gasteiger partial charge in [0.15, 0.2) is 0 Å². The molecule has 88 valence electrons. The van der Waals surface area contributed by atoms with Gasteiger partial charge in [-0.25, -0.2) is 9.97 Å². The summed E-state index contributed by atoms with van der Waals surface area (Å²) in [4.78, 5) is 11.0. The number of halogens is 1. The average Bonchev–Trinajstić information content (AvgIpc) is 2.78. The number of hydrogen-bond acceptors (Lipinski definition) is 3. The van der Waals surface area contributed by atoms with Crippen LogP contribution in [0.2, 0.25) is 0 Å². The standard InChI is InChI=1S/C12H18ClN3/c1-2-4-10-7-12(15-9-14-10)16-6-3-5-11(16)8-13/h7,9,11H,2-6,8H2,1H3. The number of aromatic nitrogens is 2. The Morgan fingerprint density at radius 2 is 2.38 bits per heavy atom. The van der Waals surface area contributed by atoms with Crippen LogP contribution < -0.4 is 4.90 Å². The van der Waals surface area contributed by atoms with Crippen molar-refractivity contribution in [3.05, 3.63) is 18.1 Å². The molecule has 0 N–H and O–H groups in total. The highest BCUT2D eigenvalue weighted by atomic mass is 35.5. The van der Waals surface area contributed by atoms with E-state index in [9.17, 15) is 0 Å². The number of nitrogens with zero attached hydrogens (tertiary/aromatic N) is 3. The number of alkyl halides is 1. The third-order valence-corrected chi connectivity index (χ3v) is 3.42. The Morgan fingerprint density at radius 1 is 1.50 bits per heavy atom. The molecule has 3 nitrogen and oxygen atoms in total. The van der Waals surface area contributed by atoms with E-state index in [0.717, 1.165) is 30.9 Å². The van der Waals surface area contributed by atoms with Gasteiger partial charge in [-0.3, -0.25) is 0 Å². The molecule has 1 unspecified atom stereocenters. The Morgan fingerprint density at radius 3 is 3.12 bits per heavy atom. The van der Waals surface area contributed by atoms with Gasteiger partial charge in [0, 0.05) is 30.2 Å². The topological polar surface area (TPSA) is 29.0 Å². The molecule has 1 saturated heterocycles. The highest BCUT2D eigenvalue weighted by Crippen LogP contribution is 2.24. The highest BCUT2D eigenvalue weighted by Gasteiger charge is 2.24. The zero-order valence-electron chi connectivity index (χ0n) is 9.69. The minimum absolute atomic E-state index is 0.450. The van der Waals surface area contributed by atoms with Crippen LogP contribution in [0.15, 0.2) is 12.4 Å². The van der Waals surface area contributed by atoms with Crippen LogP contribution in [0.5, 0.6) is 0 Å². The molecule has 1 aliphatic rings. The molecule has 1 aromatic heterocycles. The van der Waals surface area contributed by atoms with Crippen molar-refractivity contribution in [2.75, 3.05) is 17.3 Å². The first-order valence-corrected chi connectivity index (χ1v) is 6.52. The molecule has 0 amide bonds. The van der Waals surface area contributed by atoms with E-state index in [2.05, 4.69) is 27.9 Å². The first-order valence-electron chi connectivity index (χ1n) is 5.98. The molecule has 0 aliphatic carbocycles. The fraction of sp³-hybridized carbons (Fsp3) is 0.667. The number of anilines is 1. The van der Waals surface area contributed by atoms with E-state index >= 15 is 0 Å². The van der Waals surface area contributed by atoms with Crippen molar-refractivity contribution >= 4 is 17.4 Å². The van der Waals surface area contributed by atoms with Gasteiger partial charge in [0.1, 0.15) is 12.1 Å². The second-order valence-electron chi connectivity index (χ2n) is 4.26. The maximum Gasteiger partial charge on any atom is 0.132 e. The summed E-state index contributed by atoms with van der Waals surface area (Å²) in [6, 6.07) is 2.56. The smallest absolute Gasteiger partial charge is 0.132 e. The van der Waals surface area contributed by atoms with Gasteiger partial charge in [0.05, 0.1) is 0 Å². The summed E-state index contributed by atoms with van der Waals surface area (Å²) < 4.78 is 0. The molecule has 0 radical (unpaired) electrons. The Hall–Kier alpha value is -0.830. The van der Waals surface area contributed by atoms with Gasteiger partial charge in [-0.1, -0.05) is 13.3 Å². The van der Waals surface area contributed by atoms with Crippen LogP contribution in [0, 0.1) is 0 Å². The average molecular weight is 240 g/mol. The third-order valence-electron chi connectivity index (χ3n) is 3.06. The van der Waals surface area contributed by atoms with Gasteiger partial charge in [0.2, 0.25) is 0 Å². The van der Waals surface area contributed by atoms with Gasteiger partial charge >= 0.3 is 0 Å². The van der Waals surface area contributed by atoms with E-state index < -0.39 is 0 Å². The lowest BCUT2D eigenvalue weighted by molar-refractivity contribution is 0.729. The second-order valence-corrected chi connectivity index (χ2v) is 4.57. The highest BCUT2D eigenvalue weighted by molar-refractivity contribution is 6.18. The van der Waals surface area contributed by atoms with Crippen LogP contribution >= 0.6 is 11.6 Å². The molecule has 1 atom stereocenters. The lowest BCUT2D eigenvalue weighted by Crippen LogP contribution is -2.31. The van der Waals surface area contributed by atoms with E-state index in [4.69, 9.17) is 11.6 Å². The normalized spacial score (nSPS) is 20.4. The summed E-state index contributed by atoms with van der Waals surface area (Å²) in [5, 5.41) is 0. The van der Waals surface area contributed by atoms with Crippen LogP contribution in [0.3, 0.4) is 0 Å².